The van der Waals surface area contributed by atoms with Crippen molar-refractivity contribution >= 4 is 39.2 Å². The first-order valence-corrected chi connectivity index (χ1v) is 15.7. The minimum atomic E-state index is -2.91. The number of aromatic nitrogens is 2. The third kappa shape index (κ3) is 6.98. The summed E-state index contributed by atoms with van der Waals surface area (Å²) >= 11 is 0. The van der Waals surface area contributed by atoms with Gasteiger partial charge in [-0.25, -0.2) is 18.4 Å². The third-order valence-corrected chi connectivity index (χ3v) is 9.73. The van der Waals surface area contributed by atoms with Crippen molar-refractivity contribution in [1.82, 2.24) is 14.9 Å². The monoisotopic (exact) mass is 564 g/mol. The van der Waals surface area contributed by atoms with Gasteiger partial charge in [0.05, 0.1) is 30.9 Å². The normalized spacial score (nSPS) is 24.2. The third-order valence-electron chi connectivity index (χ3n) is 8.12. The van der Waals surface area contributed by atoms with Crippen molar-refractivity contribution < 1.29 is 17.9 Å². The minimum absolute atomic E-state index is 0.000604. The van der Waals surface area contributed by atoms with E-state index in [1.165, 1.54) is 0 Å². The molecule has 1 saturated heterocycles. The highest BCUT2D eigenvalue weighted by Gasteiger charge is 2.31. The van der Waals surface area contributed by atoms with Crippen LogP contribution in [0.1, 0.15) is 43.6 Å². The fourth-order valence-corrected chi connectivity index (χ4v) is 6.97. The highest BCUT2D eigenvalue weighted by molar-refractivity contribution is 7.91. The molecule has 1 atom stereocenters. The van der Waals surface area contributed by atoms with E-state index in [0.717, 1.165) is 55.7 Å². The summed E-state index contributed by atoms with van der Waals surface area (Å²) in [6.07, 6.45) is 7.29. The van der Waals surface area contributed by atoms with Gasteiger partial charge in [0.25, 0.3) is 0 Å². The summed E-state index contributed by atoms with van der Waals surface area (Å²) in [6, 6.07) is 7.43. The molecule has 3 aliphatic rings. The SMILES string of the molecule is COc1cccc(NC(=O)C2CCC([C@H]3C=Nc4c(N)nc(C#CCN5CCS(=O)(=O)CC5)nc4CC3)CC2)c1. The average Bonchev–Trinajstić information content (AvgIpc) is 3.17. The van der Waals surface area contributed by atoms with Gasteiger partial charge in [-0.2, -0.15) is 0 Å². The van der Waals surface area contributed by atoms with Crippen LogP contribution in [0.15, 0.2) is 29.3 Å². The molecule has 10 nitrogen and oxygen atoms in total. The van der Waals surface area contributed by atoms with Crippen LogP contribution in [0.25, 0.3) is 0 Å². The summed E-state index contributed by atoms with van der Waals surface area (Å²) in [4.78, 5) is 28.6. The van der Waals surface area contributed by atoms with Gasteiger partial charge in [0.2, 0.25) is 11.7 Å². The Morgan fingerprint density at radius 1 is 1.15 bits per heavy atom. The number of fused-ring (bicyclic) bond motifs is 1. The lowest BCUT2D eigenvalue weighted by Gasteiger charge is -2.31. The number of anilines is 2. The number of hydrogen-bond donors (Lipinski definition) is 2. The van der Waals surface area contributed by atoms with Gasteiger partial charge in [-0.05, 0) is 68.4 Å². The van der Waals surface area contributed by atoms with Crippen molar-refractivity contribution in [2.75, 3.05) is 49.3 Å². The molecule has 11 heteroatoms. The number of nitrogens with two attached hydrogens (primary N) is 1. The first-order chi connectivity index (χ1) is 19.3. The number of carbonyl (C=O) groups excluding carboxylic acids is 1. The van der Waals surface area contributed by atoms with Gasteiger partial charge in [-0.1, -0.05) is 12.0 Å². The molecule has 5 rings (SSSR count). The van der Waals surface area contributed by atoms with Crippen molar-refractivity contribution in [2.24, 2.45) is 22.7 Å². The maximum absolute atomic E-state index is 12.9. The molecule has 1 amide bonds. The van der Waals surface area contributed by atoms with Gasteiger partial charge in [0, 0.05) is 37.0 Å². The van der Waals surface area contributed by atoms with E-state index in [9.17, 15) is 13.2 Å². The standard InChI is InChI=1S/C29H36N6O4S/c1-39-24-5-2-4-23(18-24)32-29(36)21-9-7-20(8-10-21)22-11-12-25-27(31-19-22)28(30)34-26(33-25)6-3-13-35-14-16-40(37,38)17-15-35/h2,4-5,18-22H,7-17H2,1H3,(H,32,36)(H2,30,33,34)/t20?,21?,22-/m1/s1. The van der Waals surface area contributed by atoms with Gasteiger partial charge in [0.15, 0.2) is 15.7 Å². The van der Waals surface area contributed by atoms with Crippen molar-refractivity contribution in [1.29, 1.82) is 0 Å². The van der Waals surface area contributed by atoms with Crippen LogP contribution in [0.5, 0.6) is 5.75 Å². The molecule has 2 fully saturated rings. The molecule has 0 radical (unpaired) electrons. The second kappa shape index (κ2) is 12.4. The van der Waals surface area contributed by atoms with E-state index in [0.29, 0.717) is 48.8 Å². The second-order valence-electron chi connectivity index (χ2n) is 10.8. The van der Waals surface area contributed by atoms with Gasteiger partial charge in [-0.15, -0.1) is 0 Å². The summed E-state index contributed by atoms with van der Waals surface area (Å²) in [6.45, 7) is 1.46. The summed E-state index contributed by atoms with van der Waals surface area (Å²) < 4.78 is 28.5. The lowest BCUT2D eigenvalue weighted by Crippen LogP contribution is -2.40. The molecule has 0 spiro atoms. The first kappa shape index (κ1) is 28.1. The largest absolute Gasteiger partial charge is 0.497 e. The Balaban J connectivity index is 1.14. The van der Waals surface area contributed by atoms with Crippen LogP contribution in [0, 0.1) is 29.6 Å². The van der Waals surface area contributed by atoms with E-state index < -0.39 is 9.84 Å². The van der Waals surface area contributed by atoms with Crippen LogP contribution < -0.4 is 15.8 Å². The van der Waals surface area contributed by atoms with E-state index in [4.69, 9.17) is 15.5 Å². The van der Waals surface area contributed by atoms with Crippen molar-refractivity contribution in [3.8, 4) is 17.6 Å². The van der Waals surface area contributed by atoms with Gasteiger partial charge < -0.3 is 15.8 Å². The number of nitrogen functional groups attached to an aromatic ring is 1. The second-order valence-corrected chi connectivity index (χ2v) is 13.1. The topological polar surface area (TPSA) is 140 Å². The molecule has 1 aromatic heterocycles. The first-order valence-electron chi connectivity index (χ1n) is 13.9. The zero-order chi connectivity index (χ0) is 28.1. The Hall–Kier alpha value is -3.49. The quantitative estimate of drug-likeness (QED) is 0.529. The van der Waals surface area contributed by atoms with E-state index >= 15 is 0 Å². The number of aryl methyl sites for hydroxylation is 1. The molecule has 0 bridgehead atoms. The molecule has 3 N–H and O–H groups in total. The van der Waals surface area contributed by atoms with Crippen LogP contribution in [0.3, 0.4) is 0 Å². The molecule has 3 heterocycles. The number of nitrogens with one attached hydrogen (secondary N) is 1. The molecule has 212 valence electrons. The summed E-state index contributed by atoms with van der Waals surface area (Å²) in [5.41, 5.74) is 8.44. The Labute approximate surface area is 235 Å². The van der Waals surface area contributed by atoms with E-state index in [1.54, 1.807) is 7.11 Å². The summed E-state index contributed by atoms with van der Waals surface area (Å²) in [5, 5.41) is 3.04. The number of methoxy groups -OCH3 is 1. The number of sulfone groups is 1. The predicted octanol–water partition coefficient (Wildman–Crippen LogP) is 2.86. The highest BCUT2D eigenvalue weighted by atomic mass is 32.2. The average molecular weight is 565 g/mol. The Morgan fingerprint density at radius 2 is 1.93 bits per heavy atom. The van der Waals surface area contributed by atoms with Crippen LogP contribution in [0.2, 0.25) is 0 Å². The molecule has 2 aliphatic heterocycles. The molecule has 2 aromatic rings. The number of ether oxygens (including phenoxy) is 1. The number of amides is 1. The van der Waals surface area contributed by atoms with Crippen LogP contribution in [-0.4, -0.2) is 73.7 Å². The number of rotatable bonds is 5. The molecule has 1 saturated carbocycles. The zero-order valence-corrected chi connectivity index (χ0v) is 23.6. The number of nitrogens with zero attached hydrogens (tertiary/aromatic N) is 4. The molecule has 1 aromatic carbocycles. The van der Waals surface area contributed by atoms with E-state index in [1.807, 2.05) is 35.4 Å². The number of hydrogen-bond acceptors (Lipinski definition) is 9. The molecular formula is C29H36N6O4S. The van der Waals surface area contributed by atoms with Crippen LogP contribution >= 0.6 is 0 Å². The zero-order valence-electron chi connectivity index (χ0n) is 22.8. The summed E-state index contributed by atoms with van der Waals surface area (Å²) in [7, 11) is -1.30. The molecular weight excluding hydrogens is 528 g/mol. The summed E-state index contributed by atoms with van der Waals surface area (Å²) in [5.74, 6) is 8.65. The maximum Gasteiger partial charge on any atom is 0.227 e. The van der Waals surface area contributed by atoms with Crippen molar-refractivity contribution in [3.05, 3.63) is 35.8 Å². The van der Waals surface area contributed by atoms with Crippen LogP contribution in [-0.2, 0) is 21.1 Å². The van der Waals surface area contributed by atoms with Gasteiger partial charge in [-0.3, -0.25) is 14.7 Å². The van der Waals surface area contributed by atoms with E-state index in [-0.39, 0.29) is 23.3 Å². The lowest BCUT2D eigenvalue weighted by molar-refractivity contribution is -0.121. The fourth-order valence-electron chi connectivity index (χ4n) is 5.69. The fraction of sp³-hybridized carbons (Fsp3) is 0.517. The minimum Gasteiger partial charge on any atom is -0.497 e. The van der Waals surface area contributed by atoms with Crippen molar-refractivity contribution in [3.63, 3.8) is 0 Å². The van der Waals surface area contributed by atoms with Gasteiger partial charge in [0.1, 0.15) is 11.4 Å². The van der Waals surface area contributed by atoms with Crippen LogP contribution in [0.4, 0.5) is 17.2 Å². The lowest BCUT2D eigenvalue weighted by atomic mass is 9.74. The maximum atomic E-state index is 12.9. The number of aliphatic imine (C=N–C) groups is 1. The Kier molecular flexibility index (Phi) is 8.66. The number of benzene rings is 1. The predicted molar refractivity (Wildman–Crippen MR) is 155 cm³/mol. The smallest absolute Gasteiger partial charge is 0.227 e. The molecule has 0 unspecified atom stereocenters. The Morgan fingerprint density at radius 3 is 2.67 bits per heavy atom. The Bertz CT molecular complexity index is 1430. The number of carbonyl (C=O) groups is 1. The molecule has 1 aliphatic carbocycles. The van der Waals surface area contributed by atoms with Gasteiger partial charge >= 0.3 is 0 Å². The highest BCUT2D eigenvalue weighted by Crippen LogP contribution is 2.38. The van der Waals surface area contributed by atoms with E-state index in [2.05, 4.69) is 27.1 Å². The van der Waals surface area contributed by atoms with Crippen molar-refractivity contribution in [2.45, 2.75) is 38.5 Å². The molecule has 40 heavy (non-hydrogen) atoms.